The number of thioether (sulfide) groups is 1. The second-order valence-electron chi connectivity index (χ2n) is 6.75. The van der Waals surface area contributed by atoms with Gasteiger partial charge in [0.25, 0.3) is 11.1 Å². The molecular formula is C23H24ClNO5S. The second-order valence-corrected chi connectivity index (χ2v) is 8.18. The van der Waals surface area contributed by atoms with Gasteiger partial charge in [0.05, 0.1) is 25.2 Å². The smallest absolute Gasteiger partial charge is 0.293 e. The van der Waals surface area contributed by atoms with E-state index in [1.165, 1.54) is 4.90 Å². The van der Waals surface area contributed by atoms with Crippen molar-refractivity contribution in [1.29, 1.82) is 0 Å². The summed E-state index contributed by atoms with van der Waals surface area (Å²) in [6.07, 6.45) is 3.68. The van der Waals surface area contributed by atoms with Crippen LogP contribution >= 0.6 is 23.4 Å². The molecule has 1 fully saturated rings. The number of ether oxygens (including phenoxy) is 3. The number of halogens is 1. The van der Waals surface area contributed by atoms with Gasteiger partial charge in [-0.15, -0.1) is 0 Å². The summed E-state index contributed by atoms with van der Waals surface area (Å²) in [5, 5.41) is 0.294. The van der Waals surface area contributed by atoms with Gasteiger partial charge >= 0.3 is 0 Å². The van der Waals surface area contributed by atoms with Crippen LogP contribution in [0.5, 0.6) is 17.2 Å². The molecule has 1 saturated heterocycles. The van der Waals surface area contributed by atoms with Crippen molar-refractivity contribution in [2.45, 2.75) is 19.8 Å². The highest BCUT2D eigenvalue weighted by atomic mass is 35.5. The largest absolute Gasteiger partial charge is 0.493 e. The summed E-state index contributed by atoms with van der Waals surface area (Å²) in [6.45, 7) is 3.08. The fraction of sp³-hybridized carbons (Fsp3) is 0.304. The molecule has 0 aromatic heterocycles. The van der Waals surface area contributed by atoms with Crippen LogP contribution in [0.15, 0.2) is 47.4 Å². The van der Waals surface area contributed by atoms with Crippen molar-refractivity contribution >= 4 is 40.6 Å². The summed E-state index contributed by atoms with van der Waals surface area (Å²) in [7, 11) is 1.57. The molecule has 2 aromatic carbocycles. The predicted molar refractivity (Wildman–Crippen MR) is 123 cm³/mol. The fourth-order valence-electron chi connectivity index (χ4n) is 2.85. The zero-order valence-electron chi connectivity index (χ0n) is 17.4. The monoisotopic (exact) mass is 461 g/mol. The third-order valence-electron chi connectivity index (χ3n) is 4.51. The van der Waals surface area contributed by atoms with Gasteiger partial charge in [-0.25, -0.2) is 0 Å². The molecule has 1 heterocycles. The SMILES string of the molecule is CCCCOc1ccc(/C=C2\SC(=O)N(CCOc3ccc(Cl)cc3)C2=O)cc1OC. The molecular weight excluding hydrogens is 438 g/mol. The third kappa shape index (κ3) is 6.18. The summed E-state index contributed by atoms with van der Waals surface area (Å²) < 4.78 is 16.7. The van der Waals surface area contributed by atoms with Crippen LogP contribution in [0.4, 0.5) is 4.79 Å². The molecule has 3 rings (SSSR count). The first-order valence-corrected chi connectivity index (χ1v) is 11.2. The minimum Gasteiger partial charge on any atom is -0.493 e. The van der Waals surface area contributed by atoms with E-state index in [0.29, 0.717) is 33.8 Å². The average molecular weight is 462 g/mol. The zero-order valence-corrected chi connectivity index (χ0v) is 19.0. The van der Waals surface area contributed by atoms with Gasteiger partial charge < -0.3 is 14.2 Å². The highest BCUT2D eigenvalue weighted by Gasteiger charge is 2.34. The van der Waals surface area contributed by atoms with Crippen LogP contribution in [-0.4, -0.2) is 42.9 Å². The first-order chi connectivity index (χ1) is 15.0. The number of carbonyl (C=O) groups is 2. The van der Waals surface area contributed by atoms with Crippen LogP contribution in [0.1, 0.15) is 25.3 Å². The Morgan fingerprint density at radius 2 is 1.81 bits per heavy atom. The lowest BCUT2D eigenvalue weighted by Crippen LogP contribution is -2.32. The number of rotatable bonds is 10. The quantitative estimate of drug-likeness (QED) is 0.337. The Bertz CT molecular complexity index is 961. The number of amides is 2. The lowest BCUT2D eigenvalue weighted by atomic mass is 10.2. The maximum absolute atomic E-state index is 12.7. The average Bonchev–Trinajstić information content (AvgIpc) is 3.03. The Morgan fingerprint density at radius 1 is 1.03 bits per heavy atom. The van der Waals surface area contributed by atoms with E-state index >= 15 is 0 Å². The number of benzene rings is 2. The van der Waals surface area contributed by atoms with Crippen LogP contribution < -0.4 is 14.2 Å². The van der Waals surface area contributed by atoms with Crippen molar-refractivity contribution in [1.82, 2.24) is 4.90 Å². The van der Waals surface area contributed by atoms with E-state index < -0.39 is 0 Å². The lowest BCUT2D eigenvalue weighted by Gasteiger charge is -2.13. The molecule has 1 aliphatic rings. The molecule has 0 N–H and O–H groups in total. The number of imide groups is 1. The zero-order chi connectivity index (χ0) is 22.2. The van der Waals surface area contributed by atoms with Crippen molar-refractivity contribution in [3.8, 4) is 17.2 Å². The maximum Gasteiger partial charge on any atom is 0.293 e. The lowest BCUT2D eigenvalue weighted by molar-refractivity contribution is -0.123. The third-order valence-corrected chi connectivity index (χ3v) is 5.67. The molecule has 2 aromatic rings. The number of unbranched alkanes of at least 4 members (excludes halogenated alkanes) is 1. The Morgan fingerprint density at radius 3 is 2.52 bits per heavy atom. The number of hydrogen-bond donors (Lipinski definition) is 0. The number of methoxy groups -OCH3 is 1. The highest BCUT2D eigenvalue weighted by molar-refractivity contribution is 8.18. The highest BCUT2D eigenvalue weighted by Crippen LogP contribution is 2.34. The Balaban J connectivity index is 1.63. The number of carbonyl (C=O) groups excluding carboxylic acids is 2. The van der Waals surface area contributed by atoms with Gasteiger partial charge in [-0.3, -0.25) is 14.5 Å². The van der Waals surface area contributed by atoms with E-state index in [9.17, 15) is 9.59 Å². The van der Waals surface area contributed by atoms with Gasteiger partial charge in [0.2, 0.25) is 0 Å². The van der Waals surface area contributed by atoms with Crippen LogP contribution in [0.3, 0.4) is 0 Å². The molecule has 0 aliphatic carbocycles. The number of hydrogen-bond acceptors (Lipinski definition) is 6. The normalized spacial score (nSPS) is 14.9. The first-order valence-electron chi connectivity index (χ1n) is 9.96. The molecule has 0 saturated carbocycles. The Labute approximate surface area is 191 Å². The van der Waals surface area contributed by atoms with E-state index in [1.54, 1.807) is 43.5 Å². The van der Waals surface area contributed by atoms with Crippen molar-refractivity contribution in [2.24, 2.45) is 0 Å². The fourth-order valence-corrected chi connectivity index (χ4v) is 3.84. The van der Waals surface area contributed by atoms with Crippen molar-refractivity contribution < 1.29 is 23.8 Å². The maximum atomic E-state index is 12.7. The van der Waals surface area contributed by atoms with Gasteiger partial charge in [0.15, 0.2) is 11.5 Å². The van der Waals surface area contributed by atoms with E-state index in [2.05, 4.69) is 6.92 Å². The van der Waals surface area contributed by atoms with Crippen molar-refractivity contribution in [2.75, 3.05) is 26.9 Å². The van der Waals surface area contributed by atoms with E-state index in [-0.39, 0.29) is 24.3 Å². The van der Waals surface area contributed by atoms with Gasteiger partial charge in [0, 0.05) is 5.02 Å². The summed E-state index contributed by atoms with van der Waals surface area (Å²) in [4.78, 5) is 26.5. The van der Waals surface area contributed by atoms with Crippen molar-refractivity contribution in [3.63, 3.8) is 0 Å². The molecule has 0 unspecified atom stereocenters. The molecule has 164 valence electrons. The molecule has 0 bridgehead atoms. The van der Waals surface area contributed by atoms with Gasteiger partial charge in [-0.05, 0) is 66.2 Å². The standard InChI is InChI=1S/C23H24ClNO5S/c1-3-4-12-30-19-10-5-16(14-20(19)28-2)15-21-22(26)25(23(27)31-21)11-13-29-18-8-6-17(24)7-9-18/h5-10,14-15H,3-4,11-13H2,1-2H3/b21-15-. The van der Waals surface area contributed by atoms with Gasteiger partial charge in [-0.1, -0.05) is 31.0 Å². The first kappa shape index (κ1) is 23.0. The molecule has 0 atom stereocenters. The van der Waals surface area contributed by atoms with Crippen LogP contribution in [0.2, 0.25) is 5.02 Å². The van der Waals surface area contributed by atoms with E-state index in [0.717, 1.165) is 30.2 Å². The summed E-state index contributed by atoms with van der Waals surface area (Å²) in [5.41, 5.74) is 0.752. The summed E-state index contributed by atoms with van der Waals surface area (Å²) in [5.74, 6) is 1.53. The van der Waals surface area contributed by atoms with Crippen molar-refractivity contribution in [3.05, 3.63) is 58.0 Å². The van der Waals surface area contributed by atoms with Gasteiger partial charge in [-0.2, -0.15) is 0 Å². The van der Waals surface area contributed by atoms with E-state index in [1.807, 2.05) is 12.1 Å². The van der Waals surface area contributed by atoms with Crippen LogP contribution in [0, 0.1) is 0 Å². The van der Waals surface area contributed by atoms with E-state index in [4.69, 9.17) is 25.8 Å². The molecule has 6 nitrogen and oxygen atoms in total. The topological polar surface area (TPSA) is 65.1 Å². The summed E-state index contributed by atoms with van der Waals surface area (Å²) in [6, 6.07) is 12.3. The van der Waals surface area contributed by atoms with Crippen LogP contribution in [-0.2, 0) is 4.79 Å². The van der Waals surface area contributed by atoms with Crippen LogP contribution in [0.25, 0.3) is 6.08 Å². The van der Waals surface area contributed by atoms with Gasteiger partial charge in [0.1, 0.15) is 12.4 Å². The predicted octanol–water partition coefficient (Wildman–Crippen LogP) is 5.64. The Kier molecular flexibility index (Phi) is 8.26. The Hall–Kier alpha value is -2.64. The molecule has 2 amide bonds. The number of nitrogens with zero attached hydrogens (tertiary/aromatic N) is 1. The molecule has 0 radical (unpaired) electrons. The molecule has 8 heteroatoms. The minimum atomic E-state index is -0.336. The second kappa shape index (κ2) is 11.1. The summed E-state index contributed by atoms with van der Waals surface area (Å²) >= 11 is 6.76. The minimum absolute atomic E-state index is 0.165. The molecule has 1 aliphatic heterocycles. The molecule has 0 spiro atoms. The molecule has 31 heavy (non-hydrogen) atoms.